The molecule has 0 aliphatic heterocycles. The lowest BCUT2D eigenvalue weighted by molar-refractivity contribution is 0.319. The van der Waals surface area contributed by atoms with Crippen molar-refractivity contribution in [2.24, 2.45) is 0 Å². The van der Waals surface area contributed by atoms with Crippen molar-refractivity contribution in [1.29, 1.82) is 0 Å². The molecule has 108 valence electrons. The Balaban J connectivity index is 2.01. The third-order valence-electron chi connectivity index (χ3n) is 2.97. The van der Waals surface area contributed by atoms with Crippen molar-refractivity contribution in [2.75, 3.05) is 17.7 Å². The molecule has 2 rings (SSSR count). The number of hydrogen-bond donors (Lipinski definition) is 2. The highest BCUT2D eigenvalue weighted by Gasteiger charge is 2.09. The highest BCUT2D eigenvalue weighted by Crippen LogP contribution is 2.30. The molecule has 1 atom stereocenters. The van der Waals surface area contributed by atoms with E-state index in [-0.39, 0.29) is 6.04 Å². The van der Waals surface area contributed by atoms with Crippen LogP contribution in [0, 0.1) is 0 Å². The Kier molecular flexibility index (Phi) is 4.87. The van der Waals surface area contributed by atoms with E-state index in [1.165, 1.54) is 0 Å². The van der Waals surface area contributed by atoms with E-state index in [2.05, 4.69) is 24.1 Å². The zero-order valence-corrected chi connectivity index (χ0v) is 12.0. The first-order valence-electron chi connectivity index (χ1n) is 6.94. The van der Waals surface area contributed by atoms with Crippen LogP contribution in [-0.2, 0) is 6.54 Å². The third kappa shape index (κ3) is 3.66. The highest BCUT2D eigenvalue weighted by atomic mass is 16.5. The van der Waals surface area contributed by atoms with Crippen molar-refractivity contribution in [1.82, 2.24) is 9.55 Å². The quantitative estimate of drug-likeness (QED) is 0.762. The maximum atomic E-state index is 6.14. The lowest BCUT2D eigenvalue weighted by Crippen LogP contribution is -2.22. The van der Waals surface area contributed by atoms with E-state index in [0.717, 1.165) is 24.4 Å². The van der Waals surface area contributed by atoms with Gasteiger partial charge in [-0.25, -0.2) is 4.98 Å². The zero-order valence-electron chi connectivity index (χ0n) is 12.0. The predicted octanol–water partition coefficient (Wildman–Crippen LogP) is 2.75. The molecule has 0 aliphatic rings. The van der Waals surface area contributed by atoms with E-state index in [4.69, 9.17) is 10.5 Å². The molecule has 0 spiro atoms. The molecular weight excluding hydrogens is 252 g/mol. The minimum absolute atomic E-state index is 0.243. The number of benzene rings is 1. The molecule has 1 aromatic carbocycles. The second kappa shape index (κ2) is 6.84. The smallest absolute Gasteiger partial charge is 0.144 e. The number of anilines is 2. The standard InChI is InChI=1S/C15H22N4O/c1-3-9-20-14-6-4-5-13(15(14)16)18-12(2)10-19-8-7-17-11-19/h4-8,11-12,18H,3,9-10,16H2,1-2H3. The Morgan fingerprint density at radius 2 is 2.30 bits per heavy atom. The maximum absolute atomic E-state index is 6.14. The summed E-state index contributed by atoms with van der Waals surface area (Å²) in [4.78, 5) is 4.04. The molecule has 1 unspecified atom stereocenters. The van der Waals surface area contributed by atoms with Crippen LogP contribution in [-0.4, -0.2) is 22.2 Å². The van der Waals surface area contributed by atoms with Crippen molar-refractivity contribution in [3.63, 3.8) is 0 Å². The molecule has 1 aromatic heterocycles. The number of nitrogens with one attached hydrogen (secondary N) is 1. The minimum atomic E-state index is 0.243. The van der Waals surface area contributed by atoms with Gasteiger partial charge < -0.3 is 20.4 Å². The first kappa shape index (κ1) is 14.2. The van der Waals surface area contributed by atoms with Gasteiger partial charge in [0.15, 0.2) is 0 Å². The van der Waals surface area contributed by atoms with E-state index < -0.39 is 0 Å². The fraction of sp³-hybridized carbons (Fsp3) is 0.400. The van der Waals surface area contributed by atoms with Gasteiger partial charge in [0.05, 0.1) is 24.3 Å². The summed E-state index contributed by atoms with van der Waals surface area (Å²) in [6, 6.07) is 6.07. The molecule has 1 heterocycles. The van der Waals surface area contributed by atoms with Crippen LogP contribution in [0.25, 0.3) is 0 Å². The molecule has 0 radical (unpaired) electrons. The lowest BCUT2D eigenvalue weighted by atomic mass is 10.2. The molecule has 0 fully saturated rings. The number of nitrogens with two attached hydrogens (primary N) is 1. The van der Waals surface area contributed by atoms with Crippen LogP contribution in [0.5, 0.6) is 5.75 Å². The van der Waals surface area contributed by atoms with Crippen LogP contribution in [0.15, 0.2) is 36.9 Å². The number of hydrogen-bond acceptors (Lipinski definition) is 4. The second-order valence-electron chi connectivity index (χ2n) is 4.87. The monoisotopic (exact) mass is 274 g/mol. The third-order valence-corrected chi connectivity index (χ3v) is 2.97. The van der Waals surface area contributed by atoms with Crippen LogP contribution >= 0.6 is 0 Å². The van der Waals surface area contributed by atoms with E-state index >= 15 is 0 Å². The Labute approximate surface area is 119 Å². The van der Waals surface area contributed by atoms with Gasteiger partial charge in [-0.3, -0.25) is 0 Å². The number of nitrogen functional groups attached to an aromatic ring is 1. The molecule has 0 saturated heterocycles. The Morgan fingerprint density at radius 3 is 3.00 bits per heavy atom. The highest BCUT2D eigenvalue weighted by molar-refractivity contribution is 5.73. The Hall–Kier alpha value is -2.17. The molecule has 0 amide bonds. The van der Waals surface area contributed by atoms with Crippen molar-refractivity contribution in [3.8, 4) is 5.75 Å². The topological polar surface area (TPSA) is 65.1 Å². The van der Waals surface area contributed by atoms with Gasteiger partial charge in [0.1, 0.15) is 5.75 Å². The number of imidazole rings is 1. The second-order valence-corrected chi connectivity index (χ2v) is 4.87. The number of para-hydroxylation sites is 1. The minimum Gasteiger partial charge on any atom is -0.491 e. The van der Waals surface area contributed by atoms with Gasteiger partial charge >= 0.3 is 0 Å². The van der Waals surface area contributed by atoms with Gasteiger partial charge in [0.25, 0.3) is 0 Å². The van der Waals surface area contributed by atoms with Gasteiger partial charge in [-0.2, -0.15) is 0 Å². The van der Waals surface area contributed by atoms with E-state index in [0.29, 0.717) is 12.3 Å². The van der Waals surface area contributed by atoms with Gasteiger partial charge in [-0.1, -0.05) is 13.0 Å². The lowest BCUT2D eigenvalue weighted by Gasteiger charge is -2.18. The number of nitrogens with zero attached hydrogens (tertiary/aromatic N) is 2. The van der Waals surface area contributed by atoms with Gasteiger partial charge in [-0.05, 0) is 25.5 Å². The molecule has 0 aliphatic carbocycles. The average molecular weight is 274 g/mol. The van der Waals surface area contributed by atoms with E-state index in [1.807, 2.05) is 35.3 Å². The Morgan fingerprint density at radius 1 is 1.45 bits per heavy atom. The molecule has 0 saturated carbocycles. The van der Waals surface area contributed by atoms with Crippen molar-refractivity contribution in [2.45, 2.75) is 32.9 Å². The summed E-state index contributed by atoms with van der Waals surface area (Å²) in [6.45, 7) is 5.70. The molecule has 2 aromatic rings. The SMILES string of the molecule is CCCOc1cccc(NC(C)Cn2ccnc2)c1N. The van der Waals surface area contributed by atoms with Crippen LogP contribution in [0.4, 0.5) is 11.4 Å². The van der Waals surface area contributed by atoms with Crippen LogP contribution in [0.3, 0.4) is 0 Å². The fourth-order valence-electron chi connectivity index (χ4n) is 2.03. The molecule has 0 bridgehead atoms. The average Bonchev–Trinajstić information content (AvgIpc) is 2.92. The van der Waals surface area contributed by atoms with Gasteiger partial charge in [0.2, 0.25) is 0 Å². The molecule has 5 nitrogen and oxygen atoms in total. The molecular formula is C15H22N4O. The maximum Gasteiger partial charge on any atom is 0.144 e. The summed E-state index contributed by atoms with van der Waals surface area (Å²) in [5.41, 5.74) is 7.71. The van der Waals surface area contributed by atoms with Crippen molar-refractivity contribution in [3.05, 3.63) is 36.9 Å². The van der Waals surface area contributed by atoms with Crippen molar-refractivity contribution >= 4 is 11.4 Å². The Bertz CT molecular complexity index is 525. The number of rotatable bonds is 7. The summed E-state index contributed by atoms with van der Waals surface area (Å²) >= 11 is 0. The van der Waals surface area contributed by atoms with E-state index in [1.54, 1.807) is 6.20 Å². The zero-order chi connectivity index (χ0) is 14.4. The molecule has 3 N–H and O–H groups in total. The summed E-state index contributed by atoms with van der Waals surface area (Å²) < 4.78 is 7.67. The molecule has 20 heavy (non-hydrogen) atoms. The summed E-state index contributed by atoms with van der Waals surface area (Å²) in [7, 11) is 0. The van der Waals surface area contributed by atoms with E-state index in [9.17, 15) is 0 Å². The predicted molar refractivity (Wildman–Crippen MR) is 82.0 cm³/mol. The largest absolute Gasteiger partial charge is 0.491 e. The van der Waals surface area contributed by atoms with Gasteiger partial charge in [0, 0.05) is 25.0 Å². The van der Waals surface area contributed by atoms with Crippen molar-refractivity contribution < 1.29 is 4.74 Å². The number of ether oxygens (including phenoxy) is 1. The normalized spacial score (nSPS) is 12.1. The van der Waals surface area contributed by atoms with Crippen LogP contribution in [0.2, 0.25) is 0 Å². The summed E-state index contributed by atoms with van der Waals surface area (Å²) in [5, 5.41) is 3.41. The van der Waals surface area contributed by atoms with Gasteiger partial charge in [-0.15, -0.1) is 0 Å². The summed E-state index contributed by atoms with van der Waals surface area (Å²) in [6.07, 6.45) is 6.50. The van der Waals surface area contributed by atoms with Crippen LogP contribution in [0.1, 0.15) is 20.3 Å². The first-order valence-corrected chi connectivity index (χ1v) is 6.94. The fourth-order valence-corrected chi connectivity index (χ4v) is 2.03. The first-order chi connectivity index (χ1) is 9.70. The number of aromatic nitrogens is 2. The summed E-state index contributed by atoms with van der Waals surface area (Å²) in [5.74, 6) is 0.742. The van der Waals surface area contributed by atoms with Crippen LogP contribution < -0.4 is 15.8 Å². The molecule has 5 heteroatoms.